The van der Waals surface area contributed by atoms with Gasteiger partial charge in [0.15, 0.2) is 0 Å². The average Bonchev–Trinajstić information content (AvgIpc) is 3.29. The van der Waals surface area contributed by atoms with Crippen LogP contribution in [0.15, 0.2) is 30.5 Å². The highest BCUT2D eigenvalue weighted by atomic mass is 32.1. The van der Waals surface area contributed by atoms with Crippen LogP contribution >= 0.6 is 11.3 Å². The molecule has 2 amide bonds. The highest BCUT2D eigenvalue weighted by molar-refractivity contribution is 7.15. The van der Waals surface area contributed by atoms with Crippen LogP contribution in [0, 0.1) is 6.92 Å². The number of ether oxygens (including phenoxy) is 1. The van der Waals surface area contributed by atoms with Crippen LogP contribution < -0.4 is 15.4 Å². The van der Waals surface area contributed by atoms with Crippen LogP contribution in [0.2, 0.25) is 0 Å². The minimum Gasteiger partial charge on any atom is -0.497 e. The lowest BCUT2D eigenvalue weighted by Crippen LogP contribution is -2.22. The number of aromatic amines is 1. The van der Waals surface area contributed by atoms with E-state index in [1.54, 1.807) is 37.6 Å². The summed E-state index contributed by atoms with van der Waals surface area (Å²) in [6.45, 7) is 2.18. The number of aryl methyl sites for hydroxylation is 1. The first-order valence-electron chi connectivity index (χ1n) is 7.63. The van der Waals surface area contributed by atoms with Crippen molar-refractivity contribution in [2.24, 2.45) is 0 Å². The zero-order valence-electron chi connectivity index (χ0n) is 14.1. The van der Waals surface area contributed by atoms with Gasteiger partial charge in [-0.2, -0.15) is 5.10 Å². The Balaban J connectivity index is 1.59. The van der Waals surface area contributed by atoms with Crippen LogP contribution in [0.1, 0.15) is 30.9 Å². The summed E-state index contributed by atoms with van der Waals surface area (Å²) in [5.74, 6) is -0.144. The lowest BCUT2D eigenvalue weighted by molar-refractivity contribution is 0.0948. The number of H-pyrrole nitrogens is 1. The molecule has 0 saturated carbocycles. The first kappa shape index (κ1) is 17.5. The molecule has 0 aliphatic carbocycles. The topological polar surface area (TPSA) is 122 Å². The van der Waals surface area contributed by atoms with Gasteiger partial charge in [0, 0.05) is 23.5 Å². The second-order valence-corrected chi connectivity index (χ2v) is 6.28. The Labute approximate surface area is 152 Å². The number of carbonyl (C=O) groups is 2. The van der Waals surface area contributed by atoms with Crippen LogP contribution in [0.4, 0.5) is 5.69 Å². The standard InChI is InChI=1S/C16H16N6O3S/c1-9-10(8-18-20-9)7-17-13(23)15-21-22-16(26-15)14(24)19-11-3-5-12(25-2)6-4-11/h3-6,8H,7H2,1-2H3,(H,17,23)(H,18,20)(H,19,24). The molecule has 0 atom stereocenters. The van der Waals surface area contributed by atoms with E-state index >= 15 is 0 Å². The van der Waals surface area contributed by atoms with Crippen molar-refractivity contribution in [2.45, 2.75) is 13.5 Å². The summed E-state index contributed by atoms with van der Waals surface area (Å²) in [7, 11) is 1.56. The molecule has 0 radical (unpaired) electrons. The summed E-state index contributed by atoms with van der Waals surface area (Å²) in [4.78, 5) is 24.4. The number of hydrogen-bond donors (Lipinski definition) is 3. The van der Waals surface area contributed by atoms with Gasteiger partial charge in [0.25, 0.3) is 11.8 Å². The Bertz CT molecular complexity index is 918. The van der Waals surface area contributed by atoms with E-state index in [4.69, 9.17) is 4.74 Å². The molecule has 0 aliphatic rings. The summed E-state index contributed by atoms with van der Waals surface area (Å²) in [6, 6.07) is 6.87. The maximum absolute atomic E-state index is 12.2. The molecule has 0 unspecified atom stereocenters. The van der Waals surface area contributed by atoms with Crippen molar-refractivity contribution < 1.29 is 14.3 Å². The molecular formula is C16H16N6O3S. The van der Waals surface area contributed by atoms with Crippen molar-refractivity contribution in [2.75, 3.05) is 12.4 Å². The summed E-state index contributed by atoms with van der Waals surface area (Å²) in [6.07, 6.45) is 1.64. The molecule has 9 nitrogen and oxygen atoms in total. The Morgan fingerprint density at radius 1 is 1.15 bits per heavy atom. The predicted molar refractivity (Wildman–Crippen MR) is 95.4 cm³/mol. The van der Waals surface area contributed by atoms with Gasteiger partial charge in [0.1, 0.15) is 5.75 Å². The molecular weight excluding hydrogens is 356 g/mol. The summed E-state index contributed by atoms with van der Waals surface area (Å²) in [5, 5.41) is 19.9. The number of amides is 2. The fourth-order valence-corrected chi connectivity index (χ4v) is 2.73. The first-order chi connectivity index (χ1) is 12.6. The highest BCUT2D eigenvalue weighted by Gasteiger charge is 2.18. The first-order valence-corrected chi connectivity index (χ1v) is 8.44. The lowest BCUT2D eigenvalue weighted by atomic mass is 10.2. The SMILES string of the molecule is COc1ccc(NC(=O)c2nnc(C(=O)NCc3cn[nH]c3C)s2)cc1. The third-order valence-electron chi connectivity index (χ3n) is 3.54. The minimum atomic E-state index is -0.433. The molecule has 134 valence electrons. The van der Waals surface area contributed by atoms with Crippen molar-refractivity contribution in [1.82, 2.24) is 25.7 Å². The second kappa shape index (κ2) is 7.74. The molecule has 0 fully saturated rings. The Kier molecular flexibility index (Phi) is 5.23. The van der Waals surface area contributed by atoms with Crippen LogP contribution in [-0.4, -0.2) is 39.3 Å². The maximum atomic E-state index is 12.2. The van der Waals surface area contributed by atoms with Gasteiger partial charge >= 0.3 is 0 Å². The Hall–Kier alpha value is -3.27. The number of methoxy groups -OCH3 is 1. The van der Waals surface area contributed by atoms with Crippen molar-refractivity contribution in [3.63, 3.8) is 0 Å². The zero-order valence-corrected chi connectivity index (χ0v) is 14.9. The number of nitrogens with zero attached hydrogens (tertiary/aromatic N) is 3. The number of carbonyl (C=O) groups excluding carboxylic acids is 2. The third kappa shape index (κ3) is 4.03. The molecule has 26 heavy (non-hydrogen) atoms. The average molecular weight is 372 g/mol. The van der Waals surface area contributed by atoms with Crippen molar-refractivity contribution in [3.8, 4) is 5.75 Å². The minimum absolute atomic E-state index is 0.102. The summed E-state index contributed by atoms with van der Waals surface area (Å²) < 4.78 is 5.06. The van der Waals surface area contributed by atoms with Crippen molar-refractivity contribution >= 4 is 28.8 Å². The molecule has 1 aromatic carbocycles. The number of benzene rings is 1. The lowest BCUT2D eigenvalue weighted by Gasteiger charge is -2.04. The number of rotatable bonds is 6. The Morgan fingerprint density at radius 2 is 1.85 bits per heavy atom. The number of aromatic nitrogens is 4. The Morgan fingerprint density at radius 3 is 2.46 bits per heavy atom. The molecule has 0 saturated heterocycles. The van der Waals surface area contributed by atoms with E-state index in [-0.39, 0.29) is 10.0 Å². The molecule has 0 aliphatic heterocycles. The monoisotopic (exact) mass is 372 g/mol. The molecule has 3 rings (SSSR count). The van der Waals surface area contributed by atoms with E-state index in [1.165, 1.54) is 0 Å². The van der Waals surface area contributed by atoms with Crippen LogP contribution in [-0.2, 0) is 6.54 Å². The summed E-state index contributed by atoms with van der Waals surface area (Å²) >= 11 is 0.923. The van der Waals surface area contributed by atoms with Gasteiger partial charge in [-0.1, -0.05) is 11.3 Å². The number of hydrogen-bond acceptors (Lipinski definition) is 7. The van der Waals surface area contributed by atoms with Gasteiger partial charge in [0.2, 0.25) is 10.0 Å². The van der Waals surface area contributed by atoms with Crippen molar-refractivity contribution in [1.29, 1.82) is 0 Å². The van der Waals surface area contributed by atoms with Gasteiger partial charge in [-0.25, -0.2) is 0 Å². The van der Waals surface area contributed by atoms with E-state index in [2.05, 4.69) is 31.0 Å². The van der Waals surface area contributed by atoms with Crippen molar-refractivity contribution in [3.05, 3.63) is 51.7 Å². The molecule has 3 N–H and O–H groups in total. The molecule has 3 aromatic rings. The molecule has 0 bridgehead atoms. The van der Waals surface area contributed by atoms with E-state index in [0.29, 0.717) is 18.0 Å². The van der Waals surface area contributed by atoms with Gasteiger partial charge in [-0.3, -0.25) is 14.7 Å². The van der Waals surface area contributed by atoms with E-state index in [9.17, 15) is 9.59 Å². The quantitative estimate of drug-likeness (QED) is 0.606. The predicted octanol–water partition coefficient (Wildman–Crippen LogP) is 1.76. The molecule has 2 heterocycles. The van der Waals surface area contributed by atoms with Crippen LogP contribution in [0.5, 0.6) is 5.75 Å². The van der Waals surface area contributed by atoms with Gasteiger partial charge < -0.3 is 15.4 Å². The molecule has 0 spiro atoms. The smallest absolute Gasteiger partial charge is 0.286 e. The maximum Gasteiger partial charge on any atom is 0.286 e. The van der Waals surface area contributed by atoms with Gasteiger partial charge in [-0.05, 0) is 31.2 Å². The molecule has 2 aromatic heterocycles. The van der Waals surface area contributed by atoms with Gasteiger partial charge in [0.05, 0.1) is 13.3 Å². The normalized spacial score (nSPS) is 10.4. The largest absolute Gasteiger partial charge is 0.497 e. The molecule has 10 heteroatoms. The number of anilines is 1. The summed E-state index contributed by atoms with van der Waals surface area (Å²) in [5.41, 5.74) is 2.34. The number of nitrogens with one attached hydrogen (secondary N) is 3. The highest BCUT2D eigenvalue weighted by Crippen LogP contribution is 2.17. The van der Waals surface area contributed by atoms with E-state index in [0.717, 1.165) is 22.6 Å². The van der Waals surface area contributed by atoms with Crippen LogP contribution in [0.25, 0.3) is 0 Å². The third-order valence-corrected chi connectivity index (χ3v) is 4.46. The zero-order chi connectivity index (χ0) is 18.5. The fraction of sp³-hybridized carbons (Fsp3) is 0.188. The second-order valence-electron chi connectivity index (χ2n) is 5.30. The van der Waals surface area contributed by atoms with Crippen LogP contribution in [0.3, 0.4) is 0 Å². The fourth-order valence-electron chi connectivity index (χ4n) is 2.07. The van der Waals surface area contributed by atoms with E-state index < -0.39 is 11.8 Å². The van der Waals surface area contributed by atoms with E-state index in [1.807, 2.05) is 6.92 Å². The van der Waals surface area contributed by atoms with Gasteiger partial charge in [-0.15, -0.1) is 10.2 Å².